The van der Waals surface area contributed by atoms with E-state index in [4.69, 9.17) is 0 Å². The lowest BCUT2D eigenvalue weighted by atomic mass is 10.1. The first-order valence-corrected chi connectivity index (χ1v) is 6.39. The van der Waals surface area contributed by atoms with E-state index in [9.17, 15) is 14.4 Å². The monoisotopic (exact) mass is 276 g/mol. The van der Waals surface area contributed by atoms with Crippen molar-refractivity contribution in [2.24, 2.45) is 0 Å². The smallest absolute Gasteiger partial charge is 0.330 e. The van der Waals surface area contributed by atoms with Gasteiger partial charge in [-0.05, 0) is 30.9 Å². The van der Waals surface area contributed by atoms with E-state index in [-0.39, 0.29) is 17.7 Å². The number of esters is 1. The number of methoxy groups -OCH3 is 1. The zero-order chi connectivity index (χ0) is 14.5. The number of hydrogen-bond acceptors (Lipinski definition) is 4. The molecule has 0 unspecified atom stereocenters. The summed E-state index contributed by atoms with van der Waals surface area (Å²) in [4.78, 5) is 37.3. The molecule has 20 heavy (non-hydrogen) atoms. The highest BCUT2D eigenvalue weighted by atomic mass is 16.5. The minimum atomic E-state index is -0.491. The molecular formula is C14H16N2O4. The minimum absolute atomic E-state index is 0.108. The lowest BCUT2D eigenvalue weighted by molar-refractivity contribution is -0.134. The molecule has 6 heteroatoms. The summed E-state index contributed by atoms with van der Waals surface area (Å²) < 4.78 is 4.42. The fourth-order valence-electron chi connectivity index (χ4n) is 2.15. The number of fused-ring (bicyclic) bond motifs is 1. The van der Waals surface area contributed by atoms with Crippen LogP contribution < -0.4 is 10.9 Å². The minimum Gasteiger partial charge on any atom is -0.466 e. The Morgan fingerprint density at radius 3 is 3.00 bits per heavy atom. The molecular weight excluding hydrogens is 260 g/mol. The van der Waals surface area contributed by atoms with Crippen LogP contribution in [0.25, 0.3) is 0 Å². The molecule has 6 nitrogen and oxygen atoms in total. The van der Waals surface area contributed by atoms with Crippen LogP contribution in [0.5, 0.6) is 0 Å². The van der Waals surface area contributed by atoms with Gasteiger partial charge in [-0.2, -0.15) is 0 Å². The molecule has 0 atom stereocenters. The van der Waals surface area contributed by atoms with Gasteiger partial charge in [-0.25, -0.2) is 4.79 Å². The number of rotatable bonds is 4. The Labute approximate surface area is 115 Å². The molecule has 1 aliphatic carbocycles. The Morgan fingerprint density at radius 1 is 1.45 bits per heavy atom. The Bertz CT molecular complexity index is 616. The number of hydrogen-bond donors (Lipinski definition) is 2. The van der Waals surface area contributed by atoms with Gasteiger partial charge in [0, 0.05) is 18.3 Å². The van der Waals surface area contributed by atoms with Crippen LogP contribution in [0.4, 0.5) is 0 Å². The van der Waals surface area contributed by atoms with Crippen molar-refractivity contribution in [3.63, 3.8) is 0 Å². The van der Waals surface area contributed by atoms with Crippen LogP contribution in [-0.4, -0.2) is 30.5 Å². The standard InChI is InChI=1S/C14H16N2O4/c1-20-12(17)6-3-7-15-13(18)10-8-9-4-2-5-11(9)16-14(10)19/h3,6,8H,2,4-5,7H2,1H3,(H,15,18)(H,16,19)/b6-3+. The summed E-state index contributed by atoms with van der Waals surface area (Å²) in [5, 5.41) is 2.56. The van der Waals surface area contributed by atoms with Gasteiger partial charge < -0.3 is 15.0 Å². The molecule has 106 valence electrons. The predicted octanol–water partition coefficient (Wildman–Crippen LogP) is 0.323. The van der Waals surface area contributed by atoms with Crippen molar-refractivity contribution >= 4 is 11.9 Å². The number of aromatic amines is 1. The largest absolute Gasteiger partial charge is 0.466 e. The zero-order valence-electron chi connectivity index (χ0n) is 11.2. The van der Waals surface area contributed by atoms with Crippen molar-refractivity contribution in [2.45, 2.75) is 19.3 Å². The van der Waals surface area contributed by atoms with Crippen molar-refractivity contribution in [3.8, 4) is 0 Å². The molecule has 1 aromatic heterocycles. The molecule has 0 aliphatic heterocycles. The third kappa shape index (κ3) is 3.14. The second-order valence-electron chi connectivity index (χ2n) is 4.51. The summed E-state index contributed by atoms with van der Waals surface area (Å²) in [5.41, 5.74) is 1.69. The Balaban J connectivity index is 2.01. The number of aryl methyl sites for hydroxylation is 2. The number of H-pyrrole nitrogens is 1. The van der Waals surface area contributed by atoms with Gasteiger partial charge >= 0.3 is 5.97 Å². The molecule has 2 N–H and O–H groups in total. The molecule has 0 fully saturated rings. The maximum absolute atomic E-state index is 11.9. The summed E-state index contributed by atoms with van der Waals surface area (Å²) >= 11 is 0. The van der Waals surface area contributed by atoms with E-state index >= 15 is 0 Å². The SMILES string of the molecule is COC(=O)/C=C/CNC(=O)c1cc2c([nH]c1=O)CCC2. The number of carbonyl (C=O) groups excluding carboxylic acids is 2. The molecule has 1 amide bonds. The van der Waals surface area contributed by atoms with E-state index in [0.717, 1.165) is 30.5 Å². The molecule has 2 rings (SSSR count). The summed E-state index contributed by atoms with van der Waals surface area (Å²) in [6.07, 6.45) is 5.42. The van der Waals surface area contributed by atoms with Crippen LogP contribution in [0.1, 0.15) is 28.0 Å². The molecule has 0 aromatic carbocycles. The first-order chi connectivity index (χ1) is 9.61. The summed E-state index contributed by atoms with van der Waals surface area (Å²) in [6, 6.07) is 1.65. The van der Waals surface area contributed by atoms with Crippen molar-refractivity contribution in [2.75, 3.05) is 13.7 Å². The van der Waals surface area contributed by atoms with Crippen LogP contribution in [0.15, 0.2) is 23.0 Å². The average molecular weight is 276 g/mol. The molecule has 0 saturated carbocycles. The third-order valence-electron chi connectivity index (χ3n) is 3.17. The van der Waals surface area contributed by atoms with Gasteiger partial charge in [-0.3, -0.25) is 9.59 Å². The summed E-state index contributed by atoms with van der Waals surface area (Å²) in [5.74, 6) is -0.940. The number of amides is 1. The Hall–Kier alpha value is -2.37. The highest BCUT2D eigenvalue weighted by Crippen LogP contribution is 2.18. The second-order valence-corrected chi connectivity index (χ2v) is 4.51. The highest BCUT2D eigenvalue weighted by Gasteiger charge is 2.17. The fourth-order valence-corrected chi connectivity index (χ4v) is 2.15. The van der Waals surface area contributed by atoms with Crippen molar-refractivity contribution < 1.29 is 14.3 Å². The maximum Gasteiger partial charge on any atom is 0.330 e. The van der Waals surface area contributed by atoms with Gasteiger partial charge in [0.1, 0.15) is 5.56 Å². The van der Waals surface area contributed by atoms with Gasteiger partial charge in [-0.15, -0.1) is 0 Å². The predicted molar refractivity (Wildman–Crippen MR) is 72.6 cm³/mol. The summed E-state index contributed by atoms with van der Waals surface area (Å²) in [7, 11) is 1.27. The van der Waals surface area contributed by atoms with Crippen LogP contribution in [0.2, 0.25) is 0 Å². The lowest BCUT2D eigenvalue weighted by Crippen LogP contribution is -2.30. The van der Waals surface area contributed by atoms with Crippen molar-refractivity contribution in [1.29, 1.82) is 0 Å². The zero-order valence-corrected chi connectivity index (χ0v) is 11.2. The van der Waals surface area contributed by atoms with Crippen LogP contribution in [0.3, 0.4) is 0 Å². The Morgan fingerprint density at radius 2 is 2.25 bits per heavy atom. The van der Waals surface area contributed by atoms with E-state index in [2.05, 4.69) is 15.0 Å². The third-order valence-corrected chi connectivity index (χ3v) is 3.17. The van der Waals surface area contributed by atoms with Gasteiger partial charge in [0.05, 0.1) is 7.11 Å². The molecule has 1 aromatic rings. The number of aromatic nitrogens is 1. The molecule has 0 saturated heterocycles. The molecule has 0 bridgehead atoms. The normalized spacial score (nSPS) is 13.2. The van der Waals surface area contributed by atoms with Crippen molar-refractivity contribution in [1.82, 2.24) is 10.3 Å². The number of pyridine rings is 1. The van der Waals surface area contributed by atoms with Crippen LogP contribution in [-0.2, 0) is 22.4 Å². The van der Waals surface area contributed by atoms with Gasteiger partial charge in [0.15, 0.2) is 0 Å². The number of carbonyl (C=O) groups is 2. The maximum atomic E-state index is 11.9. The van der Waals surface area contributed by atoms with Crippen LogP contribution in [0, 0.1) is 0 Å². The van der Waals surface area contributed by atoms with E-state index in [0.29, 0.717) is 0 Å². The molecule has 1 aliphatic rings. The number of ether oxygens (including phenoxy) is 1. The highest BCUT2D eigenvalue weighted by molar-refractivity contribution is 5.94. The molecule has 1 heterocycles. The van der Waals surface area contributed by atoms with Crippen LogP contribution >= 0.6 is 0 Å². The molecule has 0 radical (unpaired) electrons. The van der Waals surface area contributed by atoms with Crippen molar-refractivity contribution in [3.05, 3.63) is 45.4 Å². The first kappa shape index (κ1) is 14.0. The van der Waals surface area contributed by atoms with E-state index < -0.39 is 11.9 Å². The quantitative estimate of drug-likeness (QED) is 0.612. The van der Waals surface area contributed by atoms with E-state index in [1.54, 1.807) is 6.07 Å². The average Bonchev–Trinajstić information content (AvgIpc) is 2.89. The lowest BCUT2D eigenvalue weighted by Gasteiger charge is -2.04. The van der Waals surface area contributed by atoms with Gasteiger partial charge in [-0.1, -0.05) is 6.08 Å². The van der Waals surface area contributed by atoms with Gasteiger partial charge in [0.25, 0.3) is 11.5 Å². The Kier molecular flexibility index (Phi) is 4.34. The second kappa shape index (κ2) is 6.18. The van der Waals surface area contributed by atoms with Gasteiger partial charge in [0.2, 0.25) is 0 Å². The van der Waals surface area contributed by atoms with E-state index in [1.807, 2.05) is 0 Å². The number of nitrogens with one attached hydrogen (secondary N) is 2. The first-order valence-electron chi connectivity index (χ1n) is 6.39. The fraction of sp³-hybridized carbons (Fsp3) is 0.357. The topological polar surface area (TPSA) is 88.3 Å². The molecule has 0 spiro atoms. The van der Waals surface area contributed by atoms with E-state index in [1.165, 1.54) is 19.3 Å². The summed E-state index contributed by atoms with van der Waals surface area (Å²) in [6.45, 7) is 0.157.